The number of alkyl halides is 3. The molecular weight excluding hydrogens is 514 g/mol. The average molecular weight is 536 g/mol. The van der Waals surface area contributed by atoms with Gasteiger partial charge in [-0.05, 0) is 36.8 Å². The number of thiazole rings is 1. The average Bonchev–Trinajstić information content (AvgIpc) is 3.38. The van der Waals surface area contributed by atoms with Gasteiger partial charge in [-0.3, -0.25) is 0 Å². The number of ether oxygens (including phenoxy) is 1. The fraction of sp³-hybridized carbons (Fsp3) is 0.240. The van der Waals surface area contributed by atoms with Crippen LogP contribution in [0.15, 0.2) is 52.7 Å². The molecule has 0 atom stereocenters. The molecule has 0 aliphatic rings. The number of hydrogen-bond donors (Lipinski definition) is 0. The number of hydrogen-bond acceptors (Lipinski definition) is 6. The molecular formula is C25H21F4N3O2S2. The number of esters is 1. The second kappa shape index (κ2) is 10.1. The van der Waals surface area contributed by atoms with E-state index in [-0.39, 0.29) is 10.9 Å². The van der Waals surface area contributed by atoms with Gasteiger partial charge in [0.05, 0.1) is 28.3 Å². The summed E-state index contributed by atoms with van der Waals surface area (Å²) < 4.78 is 60.3. The van der Waals surface area contributed by atoms with Gasteiger partial charge in [0.2, 0.25) is 5.13 Å². The lowest BCUT2D eigenvalue weighted by molar-refractivity contribution is -0.137. The molecule has 5 nitrogen and oxygen atoms in total. The lowest BCUT2D eigenvalue weighted by Gasteiger charge is -2.08. The molecule has 0 N–H and O–H groups in total. The van der Waals surface area contributed by atoms with Crippen LogP contribution in [0.2, 0.25) is 0 Å². The number of carbonyl (C=O) groups excluding carboxylic acids is 1. The zero-order valence-electron chi connectivity index (χ0n) is 19.7. The third kappa shape index (κ3) is 5.17. The number of carbonyl (C=O) groups is 1. The van der Waals surface area contributed by atoms with E-state index in [0.29, 0.717) is 33.2 Å². The molecule has 11 heteroatoms. The molecule has 4 rings (SSSR count). The van der Waals surface area contributed by atoms with Crippen LogP contribution in [0, 0.1) is 12.7 Å². The lowest BCUT2D eigenvalue weighted by atomic mass is 10.0. The van der Waals surface area contributed by atoms with E-state index in [1.165, 1.54) is 65.2 Å². The Morgan fingerprint density at radius 1 is 1.11 bits per heavy atom. The highest BCUT2D eigenvalue weighted by atomic mass is 32.2. The number of aromatic nitrogens is 3. The summed E-state index contributed by atoms with van der Waals surface area (Å²) in [5.74, 6) is -1.15. The maximum atomic E-state index is 14.0. The molecule has 0 aliphatic carbocycles. The second-order valence-electron chi connectivity index (χ2n) is 8.10. The predicted octanol–water partition coefficient (Wildman–Crippen LogP) is 7.42. The minimum absolute atomic E-state index is 0.0782. The molecule has 0 amide bonds. The van der Waals surface area contributed by atoms with Gasteiger partial charge in [0.25, 0.3) is 0 Å². The summed E-state index contributed by atoms with van der Waals surface area (Å²) in [6.45, 7) is 5.67. The molecule has 0 fully saturated rings. The molecule has 2 aromatic carbocycles. The second-order valence-corrected chi connectivity index (χ2v) is 10.9. The number of thioether (sulfide) groups is 1. The summed E-state index contributed by atoms with van der Waals surface area (Å²) >= 11 is 2.76. The summed E-state index contributed by atoms with van der Waals surface area (Å²) in [5.41, 5.74) is 1.64. The highest BCUT2D eigenvalue weighted by Gasteiger charge is 2.31. The van der Waals surface area contributed by atoms with Crippen LogP contribution < -0.4 is 0 Å². The Morgan fingerprint density at radius 2 is 1.81 bits per heavy atom. The van der Waals surface area contributed by atoms with Gasteiger partial charge in [0.15, 0.2) is 5.69 Å². The van der Waals surface area contributed by atoms with Crippen molar-refractivity contribution in [2.75, 3.05) is 7.11 Å². The largest absolute Gasteiger partial charge is 0.464 e. The summed E-state index contributed by atoms with van der Waals surface area (Å²) in [4.78, 5) is 17.5. The Kier molecular flexibility index (Phi) is 7.24. The first-order chi connectivity index (χ1) is 17.0. The van der Waals surface area contributed by atoms with Crippen LogP contribution >= 0.6 is 23.1 Å². The maximum Gasteiger partial charge on any atom is 0.416 e. The fourth-order valence-electron chi connectivity index (χ4n) is 3.62. The van der Waals surface area contributed by atoms with Crippen molar-refractivity contribution in [2.24, 2.45) is 0 Å². The number of aryl methyl sites for hydroxylation is 1. The van der Waals surface area contributed by atoms with E-state index in [4.69, 9.17) is 4.74 Å². The van der Waals surface area contributed by atoms with Crippen molar-refractivity contribution in [3.05, 3.63) is 71.3 Å². The van der Waals surface area contributed by atoms with E-state index < -0.39 is 23.5 Å². The minimum Gasteiger partial charge on any atom is -0.464 e. The van der Waals surface area contributed by atoms with Gasteiger partial charge in [0.1, 0.15) is 5.82 Å². The third-order valence-corrected chi connectivity index (χ3v) is 7.39. The quantitative estimate of drug-likeness (QED) is 0.146. The summed E-state index contributed by atoms with van der Waals surface area (Å²) in [5, 5.41) is 5.01. The summed E-state index contributed by atoms with van der Waals surface area (Å²) in [7, 11) is 1.24. The van der Waals surface area contributed by atoms with Gasteiger partial charge in [-0.15, -0.1) is 11.8 Å². The Bertz CT molecular complexity index is 1410. The van der Waals surface area contributed by atoms with Crippen LogP contribution in [0.5, 0.6) is 0 Å². The SMILES string of the molecule is COC(=O)c1c(-c2cccc(F)c2)c(C)nn1-c1nc(-c2ccc(C(F)(F)F)cc2)c(SC(C)C)s1. The van der Waals surface area contributed by atoms with Gasteiger partial charge in [-0.25, -0.2) is 14.2 Å². The molecule has 0 bridgehead atoms. The van der Waals surface area contributed by atoms with E-state index >= 15 is 0 Å². The van der Waals surface area contributed by atoms with Crippen LogP contribution in [-0.4, -0.2) is 33.1 Å². The number of methoxy groups -OCH3 is 1. The maximum absolute atomic E-state index is 14.0. The monoisotopic (exact) mass is 535 g/mol. The number of nitrogens with zero attached hydrogens (tertiary/aromatic N) is 3. The number of benzene rings is 2. The zero-order valence-corrected chi connectivity index (χ0v) is 21.3. The zero-order chi connectivity index (χ0) is 26.2. The van der Waals surface area contributed by atoms with E-state index in [9.17, 15) is 22.4 Å². The first kappa shape index (κ1) is 25.9. The Hall–Kier alpha value is -3.18. The van der Waals surface area contributed by atoms with Crippen molar-refractivity contribution in [1.29, 1.82) is 0 Å². The normalized spacial score (nSPS) is 11.8. The number of halogens is 4. The van der Waals surface area contributed by atoms with Crippen LogP contribution in [0.4, 0.5) is 17.6 Å². The molecule has 0 aliphatic heterocycles. The highest BCUT2D eigenvalue weighted by Crippen LogP contribution is 2.41. The van der Waals surface area contributed by atoms with Crippen molar-refractivity contribution < 1.29 is 27.1 Å². The molecule has 2 heterocycles. The molecule has 0 unspecified atom stereocenters. The molecule has 188 valence electrons. The summed E-state index contributed by atoms with van der Waals surface area (Å²) in [6, 6.07) is 10.6. The van der Waals surface area contributed by atoms with Gasteiger partial charge < -0.3 is 4.74 Å². The summed E-state index contributed by atoms with van der Waals surface area (Å²) in [6.07, 6.45) is -4.45. The predicted molar refractivity (Wildman–Crippen MR) is 132 cm³/mol. The van der Waals surface area contributed by atoms with Crippen molar-refractivity contribution in [1.82, 2.24) is 14.8 Å². The van der Waals surface area contributed by atoms with Crippen molar-refractivity contribution in [3.63, 3.8) is 0 Å². The molecule has 0 spiro atoms. The molecule has 36 heavy (non-hydrogen) atoms. The Balaban J connectivity index is 1.89. The number of rotatable bonds is 6. The Morgan fingerprint density at radius 3 is 2.39 bits per heavy atom. The minimum atomic E-state index is -4.45. The first-order valence-electron chi connectivity index (χ1n) is 10.8. The Labute approximate surface area is 213 Å². The topological polar surface area (TPSA) is 57.0 Å². The highest BCUT2D eigenvalue weighted by molar-refractivity contribution is 8.01. The molecule has 0 radical (unpaired) electrons. The molecule has 0 saturated heterocycles. The van der Waals surface area contributed by atoms with Crippen molar-refractivity contribution in [2.45, 2.75) is 36.4 Å². The van der Waals surface area contributed by atoms with E-state index in [1.54, 1.807) is 13.0 Å². The van der Waals surface area contributed by atoms with Gasteiger partial charge in [-0.1, -0.05) is 49.4 Å². The van der Waals surface area contributed by atoms with Gasteiger partial charge in [-0.2, -0.15) is 23.0 Å². The van der Waals surface area contributed by atoms with Gasteiger partial charge in [0, 0.05) is 16.4 Å². The molecule has 0 saturated carbocycles. The van der Waals surface area contributed by atoms with Crippen LogP contribution in [0.1, 0.15) is 35.6 Å². The van der Waals surface area contributed by atoms with Crippen LogP contribution in [-0.2, 0) is 10.9 Å². The molecule has 4 aromatic rings. The smallest absolute Gasteiger partial charge is 0.416 e. The van der Waals surface area contributed by atoms with Crippen LogP contribution in [0.25, 0.3) is 27.5 Å². The fourth-order valence-corrected chi connectivity index (χ4v) is 6.10. The van der Waals surface area contributed by atoms with Gasteiger partial charge >= 0.3 is 12.1 Å². The van der Waals surface area contributed by atoms with Crippen LogP contribution in [0.3, 0.4) is 0 Å². The molecule has 2 aromatic heterocycles. The first-order valence-corrected chi connectivity index (χ1v) is 12.5. The standard InChI is InChI=1S/C25H21F4N3O2S2/c1-13(2)35-23-20(15-8-10-17(11-9-15)25(27,28)29)30-24(36-23)32-21(22(33)34-4)19(14(3)31-32)16-6-5-7-18(26)12-16/h5-13H,1-4H3. The van der Waals surface area contributed by atoms with Crippen molar-refractivity contribution in [3.8, 4) is 27.5 Å². The van der Waals surface area contributed by atoms with E-state index in [0.717, 1.165) is 16.3 Å². The van der Waals surface area contributed by atoms with Crippen molar-refractivity contribution >= 4 is 29.1 Å². The lowest BCUT2D eigenvalue weighted by Crippen LogP contribution is -2.11. The third-order valence-electron chi connectivity index (χ3n) is 5.15. The van der Waals surface area contributed by atoms with E-state index in [2.05, 4.69) is 10.1 Å². The van der Waals surface area contributed by atoms with E-state index in [1.807, 2.05) is 13.8 Å².